The number of amides is 1. The van der Waals surface area contributed by atoms with Crippen molar-refractivity contribution in [1.29, 1.82) is 0 Å². The Morgan fingerprint density at radius 1 is 1.24 bits per heavy atom. The minimum atomic E-state index is -0.0208. The molecule has 1 aliphatic heterocycles. The summed E-state index contributed by atoms with van der Waals surface area (Å²) >= 11 is 0. The van der Waals surface area contributed by atoms with Crippen LogP contribution < -0.4 is 5.32 Å². The van der Waals surface area contributed by atoms with Crippen LogP contribution in [0.15, 0.2) is 55.1 Å². The lowest BCUT2D eigenvalue weighted by Gasteiger charge is -2.17. The second kappa shape index (κ2) is 8.57. The molecule has 3 heterocycles. The van der Waals surface area contributed by atoms with Gasteiger partial charge in [-0.05, 0) is 62.0 Å². The predicted molar refractivity (Wildman–Crippen MR) is 113 cm³/mol. The van der Waals surface area contributed by atoms with Crippen molar-refractivity contribution >= 4 is 5.91 Å². The molecule has 6 nitrogen and oxygen atoms in total. The zero-order valence-corrected chi connectivity index (χ0v) is 17.0. The Morgan fingerprint density at radius 3 is 2.90 bits per heavy atom. The quantitative estimate of drug-likeness (QED) is 0.704. The zero-order chi connectivity index (χ0) is 20.2. The third-order valence-electron chi connectivity index (χ3n) is 5.49. The highest BCUT2D eigenvalue weighted by Crippen LogP contribution is 2.17. The average molecular weight is 390 g/mol. The third-order valence-corrected chi connectivity index (χ3v) is 5.49. The summed E-state index contributed by atoms with van der Waals surface area (Å²) in [6.45, 7) is 4.69. The fraction of sp³-hybridized carbons (Fsp3) is 0.348. The molecule has 29 heavy (non-hydrogen) atoms. The monoisotopic (exact) mass is 389 g/mol. The molecule has 6 heteroatoms. The van der Waals surface area contributed by atoms with Gasteiger partial charge in [-0.15, -0.1) is 0 Å². The number of carbonyl (C=O) groups is 1. The molecule has 1 unspecified atom stereocenters. The van der Waals surface area contributed by atoms with Crippen LogP contribution in [0.3, 0.4) is 0 Å². The van der Waals surface area contributed by atoms with Crippen molar-refractivity contribution in [3.63, 3.8) is 0 Å². The molecule has 1 saturated heterocycles. The van der Waals surface area contributed by atoms with E-state index in [2.05, 4.69) is 28.4 Å². The molecule has 0 aliphatic carbocycles. The van der Waals surface area contributed by atoms with E-state index in [4.69, 9.17) is 0 Å². The first kappa shape index (κ1) is 19.3. The van der Waals surface area contributed by atoms with Crippen molar-refractivity contribution in [1.82, 2.24) is 25.0 Å². The number of pyridine rings is 1. The van der Waals surface area contributed by atoms with E-state index < -0.39 is 0 Å². The highest BCUT2D eigenvalue weighted by molar-refractivity contribution is 5.93. The maximum atomic E-state index is 12.9. The van der Waals surface area contributed by atoms with Crippen molar-refractivity contribution < 1.29 is 4.79 Å². The van der Waals surface area contributed by atoms with Crippen molar-refractivity contribution in [2.75, 3.05) is 20.1 Å². The Bertz CT molecular complexity index is 990. The molecule has 1 fully saturated rings. The number of nitrogens with zero attached hydrogens (tertiary/aromatic N) is 4. The van der Waals surface area contributed by atoms with Gasteiger partial charge in [-0.25, -0.2) is 4.68 Å². The van der Waals surface area contributed by atoms with Crippen LogP contribution in [0.2, 0.25) is 0 Å². The normalized spacial score (nSPS) is 16.1. The number of aromatic nitrogens is 3. The van der Waals surface area contributed by atoms with E-state index in [1.807, 2.05) is 54.6 Å². The lowest BCUT2D eigenvalue weighted by atomic mass is 9.99. The Hall–Kier alpha value is -2.99. The molecule has 2 aromatic heterocycles. The average Bonchev–Trinajstić information content (AvgIpc) is 3.40. The highest BCUT2D eigenvalue weighted by atomic mass is 16.2. The number of para-hydroxylation sites is 1. The van der Waals surface area contributed by atoms with Crippen LogP contribution in [0.1, 0.15) is 33.5 Å². The summed E-state index contributed by atoms with van der Waals surface area (Å²) in [6, 6.07) is 10.1. The molecule has 4 rings (SSSR count). The number of hydrogen-bond acceptors (Lipinski definition) is 4. The van der Waals surface area contributed by atoms with E-state index >= 15 is 0 Å². The molecular formula is C23H27N5O. The number of nitrogens with one attached hydrogen (secondary N) is 1. The smallest absolute Gasteiger partial charge is 0.255 e. The molecule has 0 radical (unpaired) electrons. The molecule has 0 bridgehead atoms. The number of rotatable bonds is 6. The highest BCUT2D eigenvalue weighted by Gasteiger charge is 2.18. The Labute approximate surface area is 171 Å². The van der Waals surface area contributed by atoms with Crippen LogP contribution in [0.25, 0.3) is 5.69 Å². The SMILES string of the molecule is Cc1ccccc1-n1cc(CN(C)C(=O)c2cncc(CC3CCNC3)c2)cn1. The van der Waals surface area contributed by atoms with Gasteiger partial charge in [0.2, 0.25) is 0 Å². The van der Waals surface area contributed by atoms with E-state index in [9.17, 15) is 4.79 Å². The molecule has 1 N–H and O–H groups in total. The molecule has 1 atom stereocenters. The Balaban J connectivity index is 1.43. The standard InChI is InChI=1S/C23H27N5O/c1-17-5-3-4-6-22(17)28-16-20(13-26-28)15-27(2)23(29)21-10-19(12-25-14-21)9-18-7-8-24-11-18/h3-6,10,12-14,16,18,24H,7-9,11,15H2,1-2H3. The summed E-state index contributed by atoms with van der Waals surface area (Å²) in [5, 5.41) is 7.85. The maximum absolute atomic E-state index is 12.9. The third kappa shape index (κ3) is 4.54. The van der Waals surface area contributed by atoms with E-state index in [0.29, 0.717) is 18.0 Å². The molecule has 0 spiro atoms. The second-order valence-electron chi connectivity index (χ2n) is 7.89. The number of benzene rings is 1. The van der Waals surface area contributed by atoms with E-state index in [-0.39, 0.29) is 5.91 Å². The number of hydrogen-bond donors (Lipinski definition) is 1. The van der Waals surface area contributed by atoms with Crippen LogP contribution in [-0.4, -0.2) is 45.7 Å². The van der Waals surface area contributed by atoms with Crippen LogP contribution in [0.4, 0.5) is 0 Å². The van der Waals surface area contributed by atoms with Crippen molar-refractivity contribution in [2.24, 2.45) is 5.92 Å². The van der Waals surface area contributed by atoms with Gasteiger partial charge in [-0.1, -0.05) is 18.2 Å². The second-order valence-corrected chi connectivity index (χ2v) is 7.89. The molecule has 1 aromatic carbocycles. The molecule has 1 amide bonds. The van der Waals surface area contributed by atoms with Gasteiger partial charge in [0.15, 0.2) is 0 Å². The van der Waals surface area contributed by atoms with Crippen LogP contribution in [0, 0.1) is 12.8 Å². The molecule has 1 aliphatic rings. The van der Waals surface area contributed by atoms with Crippen LogP contribution in [-0.2, 0) is 13.0 Å². The largest absolute Gasteiger partial charge is 0.337 e. The topological polar surface area (TPSA) is 63.1 Å². The summed E-state index contributed by atoms with van der Waals surface area (Å²) in [6.07, 6.45) is 9.48. The summed E-state index contributed by atoms with van der Waals surface area (Å²) in [7, 11) is 1.82. The Morgan fingerprint density at radius 2 is 2.10 bits per heavy atom. The summed E-state index contributed by atoms with van der Waals surface area (Å²) in [5.41, 5.74) is 4.97. The van der Waals surface area contributed by atoms with Crippen molar-refractivity contribution in [3.05, 3.63) is 77.4 Å². The molecule has 0 saturated carbocycles. The fourth-order valence-electron chi connectivity index (χ4n) is 3.90. The lowest BCUT2D eigenvalue weighted by molar-refractivity contribution is 0.0784. The number of aryl methyl sites for hydroxylation is 1. The summed E-state index contributed by atoms with van der Waals surface area (Å²) < 4.78 is 1.86. The fourth-order valence-corrected chi connectivity index (χ4v) is 3.90. The first-order valence-corrected chi connectivity index (χ1v) is 10.1. The molecule has 3 aromatic rings. The first-order chi connectivity index (χ1) is 14.1. The summed E-state index contributed by atoms with van der Waals surface area (Å²) in [4.78, 5) is 18.9. The van der Waals surface area contributed by atoms with Gasteiger partial charge in [-0.2, -0.15) is 5.10 Å². The van der Waals surface area contributed by atoms with E-state index in [1.54, 1.807) is 11.1 Å². The van der Waals surface area contributed by atoms with Gasteiger partial charge < -0.3 is 10.2 Å². The van der Waals surface area contributed by atoms with Gasteiger partial charge in [0.05, 0.1) is 17.4 Å². The van der Waals surface area contributed by atoms with Gasteiger partial charge in [0.25, 0.3) is 5.91 Å². The van der Waals surface area contributed by atoms with Crippen LogP contribution >= 0.6 is 0 Å². The molecule has 150 valence electrons. The minimum Gasteiger partial charge on any atom is -0.337 e. The first-order valence-electron chi connectivity index (χ1n) is 10.1. The lowest BCUT2D eigenvalue weighted by Crippen LogP contribution is -2.26. The van der Waals surface area contributed by atoms with E-state index in [1.165, 1.54) is 6.42 Å². The summed E-state index contributed by atoms with van der Waals surface area (Å²) in [5.74, 6) is 0.611. The van der Waals surface area contributed by atoms with Crippen molar-refractivity contribution in [2.45, 2.75) is 26.3 Å². The van der Waals surface area contributed by atoms with Gasteiger partial charge in [0, 0.05) is 37.7 Å². The van der Waals surface area contributed by atoms with E-state index in [0.717, 1.165) is 41.9 Å². The zero-order valence-electron chi connectivity index (χ0n) is 17.0. The minimum absolute atomic E-state index is 0.0208. The number of carbonyl (C=O) groups excluding carboxylic acids is 1. The predicted octanol–water partition coefficient (Wildman–Crippen LogP) is 3.00. The Kier molecular flexibility index (Phi) is 5.71. The van der Waals surface area contributed by atoms with Gasteiger partial charge >= 0.3 is 0 Å². The van der Waals surface area contributed by atoms with Crippen LogP contribution in [0.5, 0.6) is 0 Å². The van der Waals surface area contributed by atoms with Crippen molar-refractivity contribution in [3.8, 4) is 5.69 Å². The van der Waals surface area contributed by atoms with Gasteiger partial charge in [-0.3, -0.25) is 9.78 Å². The van der Waals surface area contributed by atoms with Gasteiger partial charge in [0.1, 0.15) is 0 Å². The maximum Gasteiger partial charge on any atom is 0.255 e. The molecular weight excluding hydrogens is 362 g/mol.